The van der Waals surface area contributed by atoms with E-state index >= 15 is 0 Å². The molecule has 0 atom stereocenters. The van der Waals surface area contributed by atoms with Crippen LogP contribution in [0.4, 0.5) is 0 Å². The van der Waals surface area contributed by atoms with Gasteiger partial charge < -0.3 is 0 Å². The fourth-order valence-corrected chi connectivity index (χ4v) is 0. The summed E-state index contributed by atoms with van der Waals surface area (Å²) in [4.78, 5) is 0. The Bertz CT molecular complexity index is 673. The molecule has 0 spiro atoms. The van der Waals surface area contributed by atoms with Crippen LogP contribution in [0.15, 0.2) is 0 Å². The van der Waals surface area contributed by atoms with Crippen LogP contribution < -0.4 is 16.8 Å². The van der Waals surface area contributed by atoms with Crippen molar-refractivity contribution in [2.75, 3.05) is 0 Å². The molecule has 0 radical (unpaired) electrons. The topological polar surface area (TPSA) is 297 Å². The molecule has 0 aromatic carbocycles. The average molecular weight is 671 g/mol. The first-order valence-electron chi connectivity index (χ1n) is 2.47. The van der Waals surface area contributed by atoms with Gasteiger partial charge in [0.1, 0.15) is 0 Å². The molecule has 0 aromatic rings. The standard InChI is InChI=1S/4Mn.16O.Pt/q;;;;;;;;;;;;;;;;4*-1;+4. The van der Waals surface area contributed by atoms with Crippen molar-refractivity contribution >= 4 is 0 Å². The summed E-state index contributed by atoms with van der Waals surface area (Å²) >= 11 is -22.5. The largest absolute Gasteiger partial charge is 4.00 e. The molecule has 16 nitrogen and oxygen atoms in total. The Balaban J connectivity index is -0.0000000533. The van der Waals surface area contributed by atoms with Crippen LogP contribution >= 0.6 is 0 Å². The zero-order chi connectivity index (χ0) is 18.0. The number of hydrogen-bond donors (Lipinski definition) is 0. The van der Waals surface area contributed by atoms with Crippen LogP contribution in [-0.2, 0) is 119 Å². The smallest absolute Gasteiger partial charge is 4.00 e. The zero-order valence-electron chi connectivity index (χ0n) is 8.36. The molecule has 0 saturated heterocycles. The molecule has 134 valence electrons. The molecule has 0 aliphatic rings. The predicted molar refractivity (Wildman–Crippen MR) is 8.24 cm³/mol. The summed E-state index contributed by atoms with van der Waals surface area (Å²) in [6.45, 7) is 0. The molecule has 0 N–H and O–H groups in total. The van der Waals surface area contributed by atoms with Crippen LogP contribution in [0.5, 0.6) is 0 Å². The summed E-state index contributed by atoms with van der Waals surface area (Å²) in [6, 6.07) is 0. The van der Waals surface area contributed by atoms with Gasteiger partial charge in [-0.3, -0.25) is 0 Å². The Morgan fingerprint density at radius 3 is 0.333 bits per heavy atom. The number of rotatable bonds is 0. The third-order valence-electron chi connectivity index (χ3n) is 0. The molecule has 0 heterocycles. The molecule has 21 heteroatoms. The van der Waals surface area contributed by atoms with Crippen molar-refractivity contribution in [3.8, 4) is 0 Å². The van der Waals surface area contributed by atoms with E-state index in [0.29, 0.717) is 0 Å². The van der Waals surface area contributed by atoms with E-state index in [2.05, 4.69) is 0 Å². The Kier molecular flexibility index (Phi) is 20.0. The molecule has 0 bridgehead atoms. The molecule has 21 heavy (non-hydrogen) atoms. The maximum Gasteiger partial charge on any atom is 4.00 e. The Morgan fingerprint density at radius 2 is 0.333 bits per heavy atom. The minimum Gasteiger partial charge on any atom is 4.00 e. The third-order valence-corrected chi connectivity index (χ3v) is 0. The zero-order valence-corrected chi connectivity index (χ0v) is 15.4. The normalized spacial score (nSPS) is 10.9. The fraction of sp³-hybridized carbons (Fsp3) is 0. The fourth-order valence-electron chi connectivity index (χ4n) is 0. The van der Waals surface area contributed by atoms with Crippen molar-refractivity contribution in [2.24, 2.45) is 0 Å². The summed E-state index contributed by atoms with van der Waals surface area (Å²) < 4.78 is 137. The van der Waals surface area contributed by atoms with E-state index in [9.17, 15) is 0 Å². The molecule has 0 unspecified atom stereocenters. The van der Waals surface area contributed by atoms with Gasteiger partial charge in [0.25, 0.3) is 0 Å². The van der Waals surface area contributed by atoms with Crippen LogP contribution in [0.2, 0.25) is 0 Å². The Labute approximate surface area is 135 Å². The van der Waals surface area contributed by atoms with Gasteiger partial charge in [-0.05, 0) is 0 Å². The van der Waals surface area contributed by atoms with Gasteiger partial charge in [0, 0.05) is 0 Å². The third kappa shape index (κ3) is 157000. The Morgan fingerprint density at radius 1 is 0.333 bits per heavy atom. The maximum absolute atomic E-state index is 8.58. The minimum absolute atomic E-state index is 0. The summed E-state index contributed by atoms with van der Waals surface area (Å²) in [7, 11) is 0. The van der Waals surface area contributed by atoms with E-state index in [4.69, 9.17) is 62.8 Å². The number of hydrogen-bond acceptors (Lipinski definition) is 16. The van der Waals surface area contributed by atoms with E-state index in [1.807, 2.05) is 0 Å². The van der Waals surface area contributed by atoms with Gasteiger partial charge in [-0.15, -0.1) is 0 Å². The molecule has 0 aromatic heterocycles. The van der Waals surface area contributed by atoms with Gasteiger partial charge in [0.05, 0.1) is 0 Å². The minimum atomic E-state index is -5.62. The average Bonchev–Trinajstić information content (AvgIpc) is 1.62. The molecule has 0 fully saturated rings. The van der Waals surface area contributed by atoms with Gasteiger partial charge >= 0.3 is 136 Å². The molecular weight excluding hydrogens is 671 g/mol. The van der Waals surface area contributed by atoms with Crippen LogP contribution in [0.25, 0.3) is 0 Å². The second-order valence-corrected chi connectivity index (χ2v) is 6.23. The van der Waals surface area contributed by atoms with E-state index < -0.39 is 51.9 Å². The monoisotopic (exact) mass is 671 g/mol. The van der Waals surface area contributed by atoms with Crippen molar-refractivity contribution < 1.29 is 136 Å². The van der Waals surface area contributed by atoms with Crippen molar-refractivity contribution in [3.63, 3.8) is 0 Å². The van der Waals surface area contributed by atoms with Crippen LogP contribution in [-0.4, -0.2) is 0 Å². The second kappa shape index (κ2) is 12.7. The molecular formula is Mn4O16Pt. The van der Waals surface area contributed by atoms with Crippen molar-refractivity contribution in [1.29, 1.82) is 0 Å². The summed E-state index contributed by atoms with van der Waals surface area (Å²) in [5, 5.41) is 0. The maximum atomic E-state index is 8.58. The van der Waals surface area contributed by atoms with Crippen LogP contribution in [0.3, 0.4) is 0 Å². The van der Waals surface area contributed by atoms with Crippen LogP contribution in [0.1, 0.15) is 0 Å². The first kappa shape index (κ1) is 33.0. The first-order chi connectivity index (χ1) is 8.00. The van der Waals surface area contributed by atoms with E-state index in [1.165, 1.54) is 0 Å². The first-order valence-corrected chi connectivity index (χ1v) is 10.2. The molecule has 0 aliphatic heterocycles. The van der Waals surface area contributed by atoms with E-state index in [1.54, 1.807) is 0 Å². The SMILES string of the molecule is [O]=[Mn](=[O])(=[O])[O-].[O]=[Mn](=[O])(=[O])[O-].[O]=[Mn](=[O])(=[O])[O-].[O]=[Mn](=[O])(=[O])[O-].[Pt+4]. The quantitative estimate of drug-likeness (QED) is 0.216. The molecule has 0 rings (SSSR count). The molecule has 0 amide bonds. The molecule has 0 saturated carbocycles. The van der Waals surface area contributed by atoms with Gasteiger partial charge in [0.15, 0.2) is 0 Å². The van der Waals surface area contributed by atoms with Gasteiger partial charge in [-0.25, -0.2) is 0 Å². The van der Waals surface area contributed by atoms with Gasteiger partial charge in [-0.1, -0.05) is 0 Å². The summed E-state index contributed by atoms with van der Waals surface area (Å²) in [5.74, 6) is 0. The summed E-state index contributed by atoms with van der Waals surface area (Å²) in [6.07, 6.45) is 0. The van der Waals surface area contributed by atoms with Crippen molar-refractivity contribution in [1.82, 2.24) is 0 Å². The van der Waals surface area contributed by atoms with Crippen LogP contribution in [0, 0.1) is 0 Å². The van der Waals surface area contributed by atoms with Crippen molar-refractivity contribution in [3.05, 3.63) is 0 Å². The van der Waals surface area contributed by atoms with E-state index in [0.717, 1.165) is 0 Å². The second-order valence-electron chi connectivity index (χ2n) is 1.51. The predicted octanol–water partition coefficient (Wildman–Crippen LogP) is -6.19. The van der Waals surface area contributed by atoms with Gasteiger partial charge in [-0.2, -0.15) is 0 Å². The molecule has 0 aliphatic carbocycles. The Hall–Kier alpha value is 0.206. The summed E-state index contributed by atoms with van der Waals surface area (Å²) in [5.41, 5.74) is 0. The van der Waals surface area contributed by atoms with Gasteiger partial charge in [0.2, 0.25) is 0 Å². The van der Waals surface area contributed by atoms with Crippen molar-refractivity contribution in [2.45, 2.75) is 0 Å². The van der Waals surface area contributed by atoms with E-state index in [-0.39, 0.29) is 21.1 Å².